The highest BCUT2D eigenvalue weighted by Crippen LogP contribution is 2.29. The van der Waals surface area contributed by atoms with E-state index in [0.29, 0.717) is 0 Å². The summed E-state index contributed by atoms with van der Waals surface area (Å²) >= 11 is 11.1. The molecule has 0 unspecified atom stereocenters. The molecule has 5 heteroatoms. The number of benzene rings is 1. The van der Waals surface area contributed by atoms with Crippen molar-refractivity contribution in [3.8, 4) is 0 Å². The molecular formula is C14H14BrClN2S. The van der Waals surface area contributed by atoms with Gasteiger partial charge < -0.3 is 4.72 Å². The van der Waals surface area contributed by atoms with Gasteiger partial charge in [0, 0.05) is 16.1 Å². The van der Waals surface area contributed by atoms with Crippen LogP contribution in [-0.4, -0.2) is 4.98 Å². The van der Waals surface area contributed by atoms with E-state index in [1.165, 1.54) is 0 Å². The summed E-state index contributed by atoms with van der Waals surface area (Å²) in [7, 11) is 0. The van der Waals surface area contributed by atoms with Crippen molar-refractivity contribution in [3.63, 3.8) is 0 Å². The molecule has 1 aromatic heterocycles. The van der Waals surface area contributed by atoms with Crippen LogP contribution < -0.4 is 4.72 Å². The van der Waals surface area contributed by atoms with Crippen molar-refractivity contribution in [2.24, 2.45) is 0 Å². The maximum atomic E-state index is 6.11. The topological polar surface area (TPSA) is 24.9 Å². The SMILES string of the molecule is CCc1cc(SNc2cc(C)cnc2Br)ccc1Cl. The first-order valence-electron chi connectivity index (χ1n) is 5.93. The lowest BCUT2D eigenvalue weighted by molar-refractivity contribution is 1.12. The molecule has 0 aliphatic rings. The van der Waals surface area contributed by atoms with Crippen LogP contribution in [0.1, 0.15) is 18.1 Å². The summed E-state index contributed by atoms with van der Waals surface area (Å²) < 4.78 is 4.12. The Kier molecular flexibility index (Phi) is 5.13. The number of hydrogen-bond acceptors (Lipinski definition) is 3. The third kappa shape index (κ3) is 3.88. The molecular weight excluding hydrogens is 344 g/mol. The van der Waals surface area contributed by atoms with E-state index in [-0.39, 0.29) is 0 Å². The Morgan fingerprint density at radius 2 is 2.16 bits per heavy atom. The highest BCUT2D eigenvalue weighted by Gasteiger charge is 2.04. The molecule has 0 saturated carbocycles. The summed E-state index contributed by atoms with van der Waals surface area (Å²) in [6, 6.07) is 8.11. The molecule has 0 radical (unpaired) electrons. The van der Waals surface area contributed by atoms with Crippen LogP contribution in [0.4, 0.5) is 5.69 Å². The first-order valence-corrected chi connectivity index (χ1v) is 7.92. The van der Waals surface area contributed by atoms with E-state index in [1.54, 1.807) is 11.9 Å². The second-order valence-corrected chi connectivity index (χ2v) is 6.20. The lowest BCUT2D eigenvalue weighted by Crippen LogP contribution is -1.92. The van der Waals surface area contributed by atoms with E-state index in [4.69, 9.17) is 11.6 Å². The van der Waals surface area contributed by atoms with E-state index in [2.05, 4.69) is 44.7 Å². The Morgan fingerprint density at radius 3 is 2.89 bits per heavy atom. The molecule has 0 spiro atoms. The standard InChI is InChI=1S/C14H14BrClN2S/c1-3-10-7-11(4-5-12(10)16)19-18-13-6-9(2)8-17-14(13)15/h4-8,18H,3H2,1-2H3. The van der Waals surface area contributed by atoms with Gasteiger partial charge >= 0.3 is 0 Å². The lowest BCUT2D eigenvalue weighted by Gasteiger charge is -2.09. The average molecular weight is 358 g/mol. The number of aryl methyl sites for hydroxylation is 2. The van der Waals surface area contributed by atoms with Gasteiger partial charge in [0.2, 0.25) is 0 Å². The van der Waals surface area contributed by atoms with Crippen molar-refractivity contribution >= 4 is 45.2 Å². The van der Waals surface area contributed by atoms with E-state index < -0.39 is 0 Å². The largest absolute Gasteiger partial charge is 0.323 e. The van der Waals surface area contributed by atoms with E-state index in [1.807, 2.05) is 25.3 Å². The fraction of sp³-hybridized carbons (Fsp3) is 0.214. The zero-order valence-electron chi connectivity index (χ0n) is 10.7. The van der Waals surface area contributed by atoms with Crippen molar-refractivity contribution in [1.29, 1.82) is 0 Å². The Morgan fingerprint density at radius 1 is 1.37 bits per heavy atom. The number of hydrogen-bond donors (Lipinski definition) is 1. The zero-order chi connectivity index (χ0) is 13.8. The number of pyridine rings is 1. The van der Waals surface area contributed by atoms with Gasteiger partial charge in [0.1, 0.15) is 4.60 Å². The number of rotatable bonds is 4. The third-order valence-corrected chi connectivity index (χ3v) is 4.46. The minimum absolute atomic E-state index is 0.815. The maximum absolute atomic E-state index is 6.11. The summed E-state index contributed by atoms with van der Waals surface area (Å²) in [5.41, 5.74) is 3.25. The molecule has 0 atom stereocenters. The quantitative estimate of drug-likeness (QED) is 0.578. The van der Waals surface area contributed by atoms with Gasteiger partial charge in [-0.05, 0) is 76.6 Å². The summed E-state index contributed by atoms with van der Waals surface area (Å²) in [6.07, 6.45) is 2.76. The van der Waals surface area contributed by atoms with Gasteiger partial charge in [-0.15, -0.1) is 0 Å². The van der Waals surface area contributed by atoms with Crippen LogP contribution in [0.2, 0.25) is 5.02 Å². The van der Waals surface area contributed by atoms with Gasteiger partial charge in [0.25, 0.3) is 0 Å². The molecule has 100 valence electrons. The molecule has 1 N–H and O–H groups in total. The van der Waals surface area contributed by atoms with Gasteiger partial charge in [-0.1, -0.05) is 18.5 Å². The zero-order valence-corrected chi connectivity index (χ0v) is 13.9. The highest BCUT2D eigenvalue weighted by molar-refractivity contribution is 9.10. The van der Waals surface area contributed by atoms with E-state index >= 15 is 0 Å². The molecule has 0 fully saturated rings. The highest BCUT2D eigenvalue weighted by atomic mass is 79.9. The van der Waals surface area contributed by atoms with Crippen molar-refractivity contribution in [2.45, 2.75) is 25.2 Å². The molecule has 0 aliphatic heterocycles. The molecule has 2 nitrogen and oxygen atoms in total. The maximum Gasteiger partial charge on any atom is 0.130 e. The third-order valence-electron chi connectivity index (χ3n) is 2.65. The van der Waals surface area contributed by atoms with Crippen molar-refractivity contribution < 1.29 is 0 Å². The van der Waals surface area contributed by atoms with Crippen LogP contribution in [0.5, 0.6) is 0 Å². The van der Waals surface area contributed by atoms with E-state index in [0.717, 1.165) is 37.8 Å². The number of nitrogens with zero attached hydrogens (tertiary/aromatic N) is 1. The molecule has 2 rings (SSSR count). The first kappa shape index (κ1) is 14.7. The van der Waals surface area contributed by atoms with Gasteiger partial charge in [-0.25, -0.2) is 4.98 Å². The molecule has 1 aromatic carbocycles. The normalized spacial score (nSPS) is 10.5. The molecule has 0 aliphatic carbocycles. The van der Waals surface area contributed by atoms with Crippen LogP contribution in [-0.2, 0) is 6.42 Å². The van der Waals surface area contributed by atoms with Gasteiger partial charge in [-0.3, -0.25) is 0 Å². The van der Waals surface area contributed by atoms with Crippen LogP contribution >= 0.6 is 39.5 Å². The Labute approximate surface area is 131 Å². The molecule has 0 amide bonds. The fourth-order valence-corrected chi connectivity index (χ4v) is 3.04. The van der Waals surface area contributed by atoms with Crippen molar-refractivity contribution in [3.05, 3.63) is 51.2 Å². The lowest BCUT2D eigenvalue weighted by atomic mass is 10.2. The monoisotopic (exact) mass is 356 g/mol. The Balaban J connectivity index is 2.12. The summed E-state index contributed by atoms with van der Waals surface area (Å²) in [4.78, 5) is 5.39. The Bertz CT molecular complexity index is 590. The summed E-state index contributed by atoms with van der Waals surface area (Å²) in [5, 5.41) is 0.824. The fourth-order valence-electron chi connectivity index (χ4n) is 1.62. The summed E-state index contributed by atoms with van der Waals surface area (Å²) in [6.45, 7) is 4.12. The molecule has 1 heterocycles. The molecule has 19 heavy (non-hydrogen) atoms. The predicted octanol–water partition coefficient (Wildman–Crippen LogP) is 5.49. The number of anilines is 1. The van der Waals surface area contributed by atoms with Crippen LogP contribution in [0, 0.1) is 6.92 Å². The smallest absolute Gasteiger partial charge is 0.130 e. The minimum atomic E-state index is 0.815. The second-order valence-electron chi connectivity index (χ2n) is 4.16. The molecule has 2 aromatic rings. The Hall–Kier alpha value is -0.710. The van der Waals surface area contributed by atoms with Crippen LogP contribution in [0.15, 0.2) is 40.0 Å². The van der Waals surface area contributed by atoms with Crippen LogP contribution in [0.3, 0.4) is 0 Å². The second kappa shape index (κ2) is 6.64. The van der Waals surface area contributed by atoms with Gasteiger partial charge in [0.05, 0.1) is 5.69 Å². The van der Waals surface area contributed by atoms with Crippen molar-refractivity contribution in [2.75, 3.05) is 4.72 Å². The first-order chi connectivity index (χ1) is 9.10. The van der Waals surface area contributed by atoms with Gasteiger partial charge in [0.15, 0.2) is 0 Å². The summed E-state index contributed by atoms with van der Waals surface area (Å²) in [5.74, 6) is 0. The number of nitrogens with one attached hydrogen (secondary N) is 1. The van der Waals surface area contributed by atoms with Gasteiger partial charge in [-0.2, -0.15) is 0 Å². The molecule has 0 bridgehead atoms. The van der Waals surface area contributed by atoms with Crippen molar-refractivity contribution in [1.82, 2.24) is 4.98 Å². The average Bonchev–Trinajstić information content (AvgIpc) is 2.41. The molecule has 0 saturated heterocycles. The number of aromatic nitrogens is 1. The predicted molar refractivity (Wildman–Crippen MR) is 87.0 cm³/mol. The van der Waals surface area contributed by atoms with E-state index in [9.17, 15) is 0 Å². The number of halogens is 2. The van der Waals surface area contributed by atoms with Crippen LogP contribution in [0.25, 0.3) is 0 Å². The minimum Gasteiger partial charge on any atom is -0.323 e.